The Hall–Kier alpha value is -6.24. The van der Waals surface area contributed by atoms with Gasteiger partial charge in [0.1, 0.15) is 35.4 Å². The summed E-state index contributed by atoms with van der Waals surface area (Å²) >= 11 is 0. The van der Waals surface area contributed by atoms with Crippen molar-refractivity contribution in [1.82, 2.24) is 44.9 Å². The number of aromatic amines is 2. The highest BCUT2D eigenvalue weighted by atomic mass is 16.6. The minimum atomic E-state index is -1.22. The molecule has 0 saturated carbocycles. The van der Waals surface area contributed by atoms with Gasteiger partial charge in [-0.2, -0.15) is 0 Å². The standard InChI is InChI=1S/C52H65N9O8/c1-8-30(6)68-35-13-9-12-33(23-35)50-61-39-19-17-31(37-26-53-46(55-37)40-14-10-20-59(40)48(62)44(28(2)3)57-51(64)65)22-34(39)24-42(61)36-18-16-32(25-43(36)69-50)38-27-54-47(56-38)41-15-11-21-60(41)49(63)45(29(4)5)58-52(66)67-7/h9,12-13,16-19,22-30,40-41,44-45,49-50,52,57-58,63,66H,8,10-11,14-15,20-21H2,1-7H3,(H,53,55)(H,54,56)(H,64,65). The number of methoxy groups -OCH3 is 1. The number of aliphatic hydroxyl groups excluding tert-OH is 2. The van der Waals surface area contributed by atoms with Crippen molar-refractivity contribution in [2.75, 3.05) is 20.2 Å². The highest BCUT2D eigenvalue weighted by molar-refractivity contribution is 5.92. The number of nitrogens with one attached hydrogen (secondary N) is 4. The smallest absolute Gasteiger partial charge is 0.405 e. The number of rotatable bonds is 17. The summed E-state index contributed by atoms with van der Waals surface area (Å²) in [5.41, 5.74) is 7.29. The number of amides is 2. The highest BCUT2D eigenvalue weighted by Gasteiger charge is 2.40. The van der Waals surface area contributed by atoms with Crippen LogP contribution in [0.25, 0.3) is 44.7 Å². The third kappa shape index (κ3) is 9.58. The van der Waals surface area contributed by atoms with Crippen LogP contribution in [-0.4, -0.2) is 113 Å². The number of hydrogen-bond donors (Lipinski definition) is 7. The van der Waals surface area contributed by atoms with Gasteiger partial charge in [0, 0.05) is 47.8 Å². The summed E-state index contributed by atoms with van der Waals surface area (Å²) in [5.74, 6) is 2.46. The molecule has 3 aromatic heterocycles. The Morgan fingerprint density at radius 2 is 1.57 bits per heavy atom. The number of fused-ring (bicyclic) bond motifs is 5. The number of carboxylic acid groups (broad SMARTS) is 1. The Balaban J connectivity index is 1.04. The van der Waals surface area contributed by atoms with Gasteiger partial charge in [0.15, 0.2) is 0 Å². The fourth-order valence-electron chi connectivity index (χ4n) is 10.2. The van der Waals surface area contributed by atoms with Crippen molar-refractivity contribution in [2.45, 2.75) is 123 Å². The van der Waals surface area contributed by atoms with Gasteiger partial charge in [0.05, 0.1) is 59.2 Å². The molecule has 7 N–H and O–H groups in total. The van der Waals surface area contributed by atoms with E-state index in [0.29, 0.717) is 24.7 Å². The first-order valence-corrected chi connectivity index (χ1v) is 24.3. The Labute approximate surface area is 402 Å². The monoisotopic (exact) mass is 943 g/mol. The maximum Gasteiger partial charge on any atom is 0.405 e. The molecule has 0 aliphatic carbocycles. The van der Waals surface area contributed by atoms with Gasteiger partial charge in [-0.15, -0.1) is 0 Å². The molecule has 3 aliphatic rings. The predicted molar refractivity (Wildman–Crippen MR) is 261 cm³/mol. The maximum absolute atomic E-state index is 13.7. The number of aliphatic hydroxyl groups is 2. The van der Waals surface area contributed by atoms with Crippen molar-refractivity contribution >= 4 is 22.9 Å². The number of benzene rings is 3. The van der Waals surface area contributed by atoms with Crippen LogP contribution in [0.15, 0.2) is 79.1 Å². The van der Waals surface area contributed by atoms with Crippen LogP contribution in [0, 0.1) is 11.8 Å². The SMILES string of the molecule is CCC(C)Oc1cccc(C2Oc3cc(-c4cnc(C5CCCN5C(O)C(NC(O)OC)C(C)C)[nH]4)ccc3-c3cc4cc(-c5cnc(C6CCCN6C(=O)C(NC(=O)O)C(C)C)[nH]5)ccc4n32)c1. The summed E-state index contributed by atoms with van der Waals surface area (Å²) in [6.07, 6.45) is 3.93. The first-order chi connectivity index (χ1) is 33.2. The lowest BCUT2D eigenvalue weighted by molar-refractivity contribution is -0.135. The third-order valence-electron chi connectivity index (χ3n) is 14.0. The van der Waals surface area contributed by atoms with Gasteiger partial charge in [0.25, 0.3) is 0 Å². The molecule has 17 nitrogen and oxygen atoms in total. The van der Waals surface area contributed by atoms with Crippen molar-refractivity contribution in [3.8, 4) is 45.3 Å². The number of carbonyl (C=O) groups excluding carboxylic acids is 1. The number of ether oxygens (including phenoxy) is 3. The van der Waals surface area contributed by atoms with Crippen LogP contribution in [0.3, 0.4) is 0 Å². The Bertz CT molecular complexity index is 2780. The van der Waals surface area contributed by atoms with Crippen molar-refractivity contribution in [1.29, 1.82) is 0 Å². The first-order valence-electron chi connectivity index (χ1n) is 24.3. The topological polar surface area (TPSA) is 215 Å². The van der Waals surface area contributed by atoms with Gasteiger partial charge in [-0.25, -0.2) is 14.8 Å². The van der Waals surface area contributed by atoms with Crippen LogP contribution < -0.4 is 20.1 Å². The van der Waals surface area contributed by atoms with Gasteiger partial charge in [-0.1, -0.05) is 58.9 Å². The molecule has 8 unspecified atom stereocenters. The molecule has 3 aromatic carbocycles. The number of likely N-dealkylation sites (tertiary alicyclic amines) is 2. The minimum absolute atomic E-state index is 0.0153. The zero-order chi connectivity index (χ0) is 48.7. The number of nitrogens with zero attached hydrogens (tertiary/aromatic N) is 5. The van der Waals surface area contributed by atoms with E-state index in [1.165, 1.54) is 7.11 Å². The number of hydrogen-bond acceptors (Lipinski definition) is 11. The van der Waals surface area contributed by atoms with Crippen LogP contribution in [0.5, 0.6) is 11.5 Å². The zero-order valence-electron chi connectivity index (χ0n) is 40.3. The molecule has 0 bridgehead atoms. The maximum atomic E-state index is 13.7. The molecule has 9 rings (SSSR count). The molecule has 6 heterocycles. The minimum Gasteiger partial charge on any atom is -0.491 e. The molecule has 2 saturated heterocycles. The largest absolute Gasteiger partial charge is 0.491 e. The lowest BCUT2D eigenvalue weighted by Crippen LogP contribution is -2.55. The lowest BCUT2D eigenvalue weighted by atomic mass is 10.0. The van der Waals surface area contributed by atoms with Crippen LogP contribution in [0.4, 0.5) is 4.79 Å². The quantitative estimate of drug-likeness (QED) is 0.0432. The van der Waals surface area contributed by atoms with Crippen LogP contribution in [-0.2, 0) is 9.53 Å². The number of aromatic nitrogens is 5. The van der Waals surface area contributed by atoms with E-state index in [-0.39, 0.29) is 35.9 Å². The van der Waals surface area contributed by atoms with Gasteiger partial charge >= 0.3 is 6.09 Å². The van der Waals surface area contributed by atoms with Gasteiger partial charge in [-0.05, 0) is 93.3 Å². The van der Waals surface area contributed by atoms with Crippen LogP contribution in [0.2, 0.25) is 0 Å². The van der Waals surface area contributed by atoms with E-state index in [9.17, 15) is 24.9 Å². The second kappa shape index (κ2) is 20.0. The summed E-state index contributed by atoms with van der Waals surface area (Å²) in [6, 6.07) is 21.1. The second-order valence-corrected chi connectivity index (χ2v) is 19.3. The Morgan fingerprint density at radius 3 is 2.26 bits per heavy atom. The van der Waals surface area contributed by atoms with Crippen LogP contribution >= 0.6 is 0 Å². The fraction of sp³-hybridized carbons (Fsp3) is 0.462. The Morgan fingerprint density at radius 1 is 0.870 bits per heavy atom. The zero-order valence-corrected chi connectivity index (χ0v) is 40.3. The summed E-state index contributed by atoms with van der Waals surface area (Å²) in [6.45, 7) is 13.0. The summed E-state index contributed by atoms with van der Waals surface area (Å²) < 4.78 is 20.7. The first kappa shape index (κ1) is 47.8. The van der Waals surface area contributed by atoms with E-state index in [1.54, 1.807) is 11.1 Å². The molecule has 366 valence electrons. The normalized spacial score (nSPS) is 20.4. The third-order valence-corrected chi connectivity index (χ3v) is 14.0. The fourth-order valence-corrected chi connectivity index (χ4v) is 10.2. The molecular weight excluding hydrogens is 879 g/mol. The molecule has 0 spiro atoms. The predicted octanol–water partition coefficient (Wildman–Crippen LogP) is 8.15. The van der Waals surface area contributed by atoms with Gasteiger partial charge in [-0.3, -0.25) is 15.0 Å². The number of carbonyl (C=O) groups is 2. The molecule has 17 heteroatoms. The van der Waals surface area contributed by atoms with E-state index >= 15 is 0 Å². The van der Waals surface area contributed by atoms with Crippen molar-refractivity contribution < 1.29 is 39.1 Å². The second-order valence-electron chi connectivity index (χ2n) is 19.3. The molecule has 2 fully saturated rings. The van der Waals surface area contributed by atoms with E-state index < -0.39 is 37.0 Å². The average Bonchev–Trinajstić information content (AvgIpc) is 4.20. The summed E-state index contributed by atoms with van der Waals surface area (Å²) in [7, 11) is 1.42. The van der Waals surface area contributed by atoms with Crippen molar-refractivity contribution in [3.05, 3.63) is 96.3 Å². The molecule has 6 aromatic rings. The summed E-state index contributed by atoms with van der Waals surface area (Å²) in [5, 5.41) is 37.7. The van der Waals surface area contributed by atoms with E-state index in [2.05, 4.69) is 93.6 Å². The molecule has 2 amide bonds. The number of H-pyrrole nitrogens is 2. The van der Waals surface area contributed by atoms with Crippen molar-refractivity contribution in [2.24, 2.45) is 11.8 Å². The number of imidazole rings is 2. The highest BCUT2D eigenvalue weighted by Crippen LogP contribution is 2.47. The molecule has 69 heavy (non-hydrogen) atoms. The summed E-state index contributed by atoms with van der Waals surface area (Å²) in [4.78, 5) is 45.7. The van der Waals surface area contributed by atoms with Gasteiger partial charge in [0.2, 0.25) is 18.5 Å². The van der Waals surface area contributed by atoms with E-state index in [0.717, 1.165) is 93.9 Å². The van der Waals surface area contributed by atoms with E-state index in [1.807, 2.05) is 50.9 Å². The molecule has 3 aliphatic heterocycles. The Kier molecular flexibility index (Phi) is 13.9. The van der Waals surface area contributed by atoms with E-state index in [4.69, 9.17) is 24.2 Å². The lowest BCUT2D eigenvalue weighted by Gasteiger charge is -2.37. The van der Waals surface area contributed by atoms with Gasteiger partial charge < -0.3 is 54.3 Å². The average molecular weight is 944 g/mol. The van der Waals surface area contributed by atoms with Crippen LogP contribution in [0.1, 0.15) is 109 Å². The molecule has 0 radical (unpaired) electrons. The molecular formula is C52H65N9O8. The molecule has 8 atom stereocenters. The van der Waals surface area contributed by atoms with Crippen molar-refractivity contribution in [3.63, 3.8) is 0 Å².